The highest BCUT2D eigenvalue weighted by Crippen LogP contribution is 2.26. The summed E-state index contributed by atoms with van der Waals surface area (Å²) < 4.78 is 28.6. The Morgan fingerprint density at radius 1 is 1.45 bits per heavy atom. The number of ether oxygens (including phenoxy) is 1. The lowest BCUT2D eigenvalue weighted by molar-refractivity contribution is 0.387. The van der Waals surface area contributed by atoms with Crippen LogP contribution in [0.5, 0.6) is 5.75 Å². The van der Waals surface area contributed by atoms with Gasteiger partial charge in [-0.05, 0) is 27.2 Å². The molecule has 0 bridgehead atoms. The quantitative estimate of drug-likeness (QED) is 0.909. The van der Waals surface area contributed by atoms with Crippen LogP contribution in [0.15, 0.2) is 6.20 Å². The number of sulfone groups is 1. The average Bonchev–Trinajstić information content (AvgIpc) is 2.64. The molecule has 0 spiro atoms. The lowest BCUT2D eigenvalue weighted by Gasteiger charge is -2.24. The number of nitrogens with zero attached hydrogens (tertiary/aromatic N) is 1. The van der Waals surface area contributed by atoms with E-state index in [0.717, 1.165) is 22.6 Å². The van der Waals surface area contributed by atoms with Crippen LogP contribution >= 0.6 is 0 Å². The Hall–Kier alpha value is -1.14. The first kappa shape index (κ1) is 15.3. The summed E-state index contributed by atoms with van der Waals surface area (Å²) in [6.07, 6.45) is 2.44. The van der Waals surface area contributed by atoms with Gasteiger partial charge in [-0.25, -0.2) is 8.42 Å². The van der Waals surface area contributed by atoms with Crippen LogP contribution in [-0.4, -0.2) is 37.6 Å². The van der Waals surface area contributed by atoms with Crippen LogP contribution in [0.3, 0.4) is 0 Å². The minimum Gasteiger partial charge on any atom is -0.496 e. The molecule has 1 aliphatic heterocycles. The molecule has 1 unspecified atom stereocenters. The van der Waals surface area contributed by atoms with Gasteiger partial charge in [-0.1, -0.05) is 0 Å². The van der Waals surface area contributed by atoms with Gasteiger partial charge in [0.1, 0.15) is 5.75 Å². The van der Waals surface area contributed by atoms with Gasteiger partial charge in [0.2, 0.25) is 0 Å². The van der Waals surface area contributed by atoms with Crippen LogP contribution in [0.4, 0.5) is 0 Å². The number of pyridine rings is 1. The second kappa shape index (κ2) is 5.33. The highest BCUT2D eigenvalue weighted by atomic mass is 32.2. The van der Waals surface area contributed by atoms with Crippen LogP contribution in [-0.2, 0) is 16.4 Å². The summed E-state index contributed by atoms with van der Waals surface area (Å²) in [5, 5.41) is 3.34. The first-order valence-corrected chi connectivity index (χ1v) is 8.53. The highest BCUT2D eigenvalue weighted by molar-refractivity contribution is 7.91. The van der Waals surface area contributed by atoms with Crippen molar-refractivity contribution in [2.75, 3.05) is 18.6 Å². The molecule has 1 aromatic heterocycles. The molecule has 0 amide bonds. The topological polar surface area (TPSA) is 68.3 Å². The molecule has 2 heterocycles. The van der Waals surface area contributed by atoms with Crippen molar-refractivity contribution in [3.63, 3.8) is 0 Å². The van der Waals surface area contributed by atoms with E-state index in [1.165, 1.54) is 0 Å². The zero-order valence-corrected chi connectivity index (χ0v) is 13.3. The molecule has 5 nitrogen and oxygen atoms in total. The third kappa shape index (κ3) is 3.12. The Labute approximate surface area is 120 Å². The number of hydrogen-bond donors (Lipinski definition) is 1. The summed E-state index contributed by atoms with van der Waals surface area (Å²) in [4.78, 5) is 4.42. The molecule has 1 N–H and O–H groups in total. The predicted molar refractivity (Wildman–Crippen MR) is 78.8 cm³/mol. The molecule has 1 aromatic rings. The van der Waals surface area contributed by atoms with Gasteiger partial charge in [0, 0.05) is 29.4 Å². The van der Waals surface area contributed by atoms with Crippen LogP contribution in [0.2, 0.25) is 0 Å². The molecular weight excluding hydrogens is 276 g/mol. The van der Waals surface area contributed by atoms with Crippen molar-refractivity contribution >= 4 is 9.84 Å². The number of rotatable bonds is 4. The van der Waals surface area contributed by atoms with Crippen LogP contribution in [0, 0.1) is 13.8 Å². The molecule has 6 heteroatoms. The predicted octanol–water partition coefficient (Wildman–Crippen LogP) is 1.37. The maximum atomic E-state index is 11.6. The van der Waals surface area contributed by atoms with Crippen molar-refractivity contribution in [1.29, 1.82) is 0 Å². The van der Waals surface area contributed by atoms with Crippen molar-refractivity contribution in [3.05, 3.63) is 23.0 Å². The van der Waals surface area contributed by atoms with E-state index in [4.69, 9.17) is 4.74 Å². The van der Waals surface area contributed by atoms with Crippen LogP contribution < -0.4 is 10.1 Å². The van der Waals surface area contributed by atoms with E-state index in [1.807, 2.05) is 20.8 Å². The zero-order chi connectivity index (χ0) is 15.0. The van der Waals surface area contributed by atoms with Gasteiger partial charge in [0.05, 0.1) is 24.3 Å². The minimum atomic E-state index is -2.90. The van der Waals surface area contributed by atoms with Gasteiger partial charge in [-0.3, -0.25) is 4.98 Å². The summed E-state index contributed by atoms with van der Waals surface area (Å²) in [5.74, 6) is 1.31. The second-order valence-electron chi connectivity index (χ2n) is 5.80. The molecule has 112 valence electrons. The number of methoxy groups -OCH3 is 1. The van der Waals surface area contributed by atoms with Crippen molar-refractivity contribution in [3.8, 4) is 5.75 Å². The lowest BCUT2D eigenvalue weighted by atomic mass is 10.0. The molecule has 2 rings (SSSR count). The third-order valence-electron chi connectivity index (χ3n) is 3.94. The van der Waals surface area contributed by atoms with E-state index < -0.39 is 9.84 Å². The number of aryl methyl sites for hydroxylation is 1. The molecule has 1 aliphatic rings. The Kier molecular flexibility index (Phi) is 4.07. The molecule has 0 aromatic carbocycles. The normalized spacial score (nSPS) is 24.8. The lowest BCUT2D eigenvalue weighted by Crippen LogP contribution is -2.43. The number of hydrogen-bond acceptors (Lipinski definition) is 5. The van der Waals surface area contributed by atoms with Gasteiger partial charge in [-0.2, -0.15) is 0 Å². The van der Waals surface area contributed by atoms with Gasteiger partial charge >= 0.3 is 0 Å². The SMILES string of the molecule is COc1c(C)cnc(CNC2(C)CCS(=O)(=O)C2)c1C. The van der Waals surface area contributed by atoms with E-state index in [1.54, 1.807) is 13.3 Å². The van der Waals surface area contributed by atoms with Gasteiger partial charge < -0.3 is 10.1 Å². The van der Waals surface area contributed by atoms with E-state index in [9.17, 15) is 8.42 Å². The van der Waals surface area contributed by atoms with Crippen molar-refractivity contribution in [2.45, 2.75) is 39.3 Å². The molecule has 0 saturated carbocycles. The fourth-order valence-corrected chi connectivity index (χ4v) is 4.82. The standard InChI is InChI=1S/C14H22N2O3S/c1-10-7-15-12(11(2)13(10)19-4)8-16-14(3)5-6-20(17,18)9-14/h7,16H,5-6,8-9H2,1-4H3. The Balaban J connectivity index is 2.12. The zero-order valence-electron chi connectivity index (χ0n) is 12.5. The van der Waals surface area contributed by atoms with E-state index in [-0.39, 0.29) is 17.0 Å². The van der Waals surface area contributed by atoms with Crippen molar-refractivity contribution in [1.82, 2.24) is 10.3 Å². The largest absolute Gasteiger partial charge is 0.496 e. The molecule has 1 atom stereocenters. The second-order valence-corrected chi connectivity index (χ2v) is 7.99. The molecule has 0 radical (unpaired) electrons. The fraction of sp³-hybridized carbons (Fsp3) is 0.643. The van der Waals surface area contributed by atoms with Gasteiger partial charge in [0.15, 0.2) is 9.84 Å². The number of nitrogens with one attached hydrogen (secondary N) is 1. The Bertz CT molecular complexity index is 613. The van der Waals surface area contributed by atoms with E-state index >= 15 is 0 Å². The van der Waals surface area contributed by atoms with Crippen LogP contribution in [0.25, 0.3) is 0 Å². The molecule has 20 heavy (non-hydrogen) atoms. The van der Waals surface area contributed by atoms with Crippen molar-refractivity contribution in [2.24, 2.45) is 0 Å². The summed E-state index contributed by atoms with van der Waals surface area (Å²) in [7, 11) is -1.25. The number of aromatic nitrogens is 1. The summed E-state index contributed by atoms with van der Waals surface area (Å²) in [6, 6.07) is 0. The van der Waals surface area contributed by atoms with Gasteiger partial charge in [-0.15, -0.1) is 0 Å². The van der Waals surface area contributed by atoms with E-state index in [2.05, 4.69) is 10.3 Å². The smallest absolute Gasteiger partial charge is 0.152 e. The Morgan fingerprint density at radius 3 is 2.70 bits per heavy atom. The average molecular weight is 298 g/mol. The molecule has 0 aliphatic carbocycles. The third-order valence-corrected chi connectivity index (χ3v) is 5.84. The summed E-state index contributed by atoms with van der Waals surface area (Å²) >= 11 is 0. The highest BCUT2D eigenvalue weighted by Gasteiger charge is 2.37. The van der Waals surface area contributed by atoms with Crippen LogP contribution in [0.1, 0.15) is 30.2 Å². The maximum absolute atomic E-state index is 11.6. The molecule has 1 saturated heterocycles. The molecular formula is C14H22N2O3S. The monoisotopic (exact) mass is 298 g/mol. The van der Waals surface area contributed by atoms with E-state index in [0.29, 0.717) is 13.0 Å². The Morgan fingerprint density at radius 2 is 2.15 bits per heavy atom. The van der Waals surface area contributed by atoms with Gasteiger partial charge in [0.25, 0.3) is 0 Å². The summed E-state index contributed by atoms with van der Waals surface area (Å²) in [6.45, 7) is 6.44. The maximum Gasteiger partial charge on any atom is 0.152 e. The fourth-order valence-electron chi connectivity index (χ4n) is 2.70. The minimum absolute atomic E-state index is 0.196. The first-order valence-electron chi connectivity index (χ1n) is 6.71. The summed E-state index contributed by atoms with van der Waals surface area (Å²) in [5.41, 5.74) is 2.55. The molecule has 1 fully saturated rings. The first-order chi connectivity index (χ1) is 9.26. The van der Waals surface area contributed by atoms with Crippen molar-refractivity contribution < 1.29 is 13.2 Å².